The average Bonchev–Trinajstić information content (AvgIpc) is 2.67. The van der Waals surface area contributed by atoms with Crippen LogP contribution in [0, 0.1) is 0 Å². The van der Waals surface area contributed by atoms with Crippen LogP contribution in [0.2, 0.25) is 0 Å². The Morgan fingerprint density at radius 3 is 2.44 bits per heavy atom. The topological polar surface area (TPSA) is 49.9 Å². The van der Waals surface area contributed by atoms with Gasteiger partial charge in [-0.1, -0.05) is 30.3 Å². The van der Waals surface area contributed by atoms with Gasteiger partial charge in [0.05, 0.1) is 10.4 Å². The van der Waals surface area contributed by atoms with Crippen LogP contribution < -0.4 is 0 Å². The third kappa shape index (κ3) is 1.23. The summed E-state index contributed by atoms with van der Waals surface area (Å²) in [6.45, 7) is 0. The van der Waals surface area contributed by atoms with E-state index < -0.39 is 10.7 Å². The van der Waals surface area contributed by atoms with E-state index in [2.05, 4.69) is 4.98 Å². The number of aromatic amines is 1. The van der Waals surface area contributed by atoms with Crippen molar-refractivity contribution in [3.63, 3.8) is 0 Å². The monoisotopic (exact) mass is 231 g/mol. The van der Waals surface area contributed by atoms with Crippen molar-refractivity contribution >= 4 is 32.5 Å². The number of aromatic nitrogens is 1. The van der Waals surface area contributed by atoms with Gasteiger partial charge in [-0.2, -0.15) is 0 Å². The number of para-hydroxylation sites is 2. The van der Waals surface area contributed by atoms with E-state index in [9.17, 15) is 8.42 Å². The molecule has 3 nitrogen and oxygen atoms in total. The molecule has 0 fully saturated rings. The predicted octanol–water partition coefficient (Wildman–Crippen LogP) is 2.29. The first kappa shape index (κ1) is 9.42. The summed E-state index contributed by atoms with van der Waals surface area (Å²) < 4.78 is 22.2. The number of H-pyrrole nitrogens is 1. The molecule has 0 unspecified atom stereocenters. The van der Waals surface area contributed by atoms with Crippen molar-refractivity contribution in [2.24, 2.45) is 0 Å². The van der Waals surface area contributed by atoms with E-state index in [0.29, 0.717) is 10.4 Å². The number of nitrogens with one attached hydrogen (secondary N) is 1. The largest absolute Gasteiger partial charge is 0.353 e. The van der Waals surface area contributed by atoms with Gasteiger partial charge in [-0.15, -0.1) is 0 Å². The lowest BCUT2D eigenvalue weighted by molar-refractivity contribution is 0.615. The predicted molar refractivity (Wildman–Crippen MR) is 64.4 cm³/mol. The second-order valence-electron chi connectivity index (χ2n) is 3.63. The summed E-state index contributed by atoms with van der Waals surface area (Å²) in [5.41, 5.74) is 1.65. The summed E-state index contributed by atoms with van der Waals surface area (Å²) in [5, 5.41) is 2.00. The summed E-state index contributed by atoms with van der Waals surface area (Å²) in [7, 11) is -2.56. The maximum atomic E-state index is 11.1. The Morgan fingerprint density at radius 2 is 1.62 bits per heavy atom. The van der Waals surface area contributed by atoms with Crippen LogP contribution in [0.25, 0.3) is 21.8 Å². The van der Waals surface area contributed by atoms with E-state index in [4.69, 9.17) is 0 Å². The van der Waals surface area contributed by atoms with Crippen molar-refractivity contribution in [2.75, 3.05) is 0 Å². The van der Waals surface area contributed by atoms with Crippen LogP contribution in [0.15, 0.2) is 47.4 Å². The Labute approximate surface area is 93.7 Å². The van der Waals surface area contributed by atoms with E-state index in [-0.39, 0.29) is 0 Å². The van der Waals surface area contributed by atoms with E-state index in [0.717, 1.165) is 16.3 Å². The zero-order valence-electron chi connectivity index (χ0n) is 8.31. The highest BCUT2D eigenvalue weighted by Crippen LogP contribution is 2.27. The highest BCUT2D eigenvalue weighted by atomic mass is 32.2. The summed E-state index contributed by atoms with van der Waals surface area (Å²) >= 11 is 0. The van der Waals surface area contributed by atoms with E-state index in [1.54, 1.807) is 12.1 Å². The van der Waals surface area contributed by atoms with E-state index in [1.807, 2.05) is 30.3 Å². The molecule has 1 N–H and O–H groups in total. The zero-order valence-corrected chi connectivity index (χ0v) is 9.20. The van der Waals surface area contributed by atoms with Crippen molar-refractivity contribution < 1.29 is 8.42 Å². The molecule has 0 saturated heterocycles. The summed E-state index contributed by atoms with van der Waals surface area (Å²) in [6.07, 6.45) is 0. The van der Waals surface area contributed by atoms with Gasteiger partial charge in [0.1, 0.15) is 0 Å². The Morgan fingerprint density at radius 1 is 0.875 bits per heavy atom. The Kier molecular flexibility index (Phi) is 1.97. The number of thiol groups is 1. The second kappa shape index (κ2) is 3.35. The molecule has 1 heterocycles. The molecule has 0 aliphatic heterocycles. The molecule has 0 saturated carbocycles. The average molecular weight is 231 g/mol. The highest BCUT2D eigenvalue weighted by molar-refractivity contribution is 7.72. The molecule has 80 valence electrons. The van der Waals surface area contributed by atoms with Gasteiger partial charge in [-0.3, -0.25) is 0 Å². The molecular weight excluding hydrogens is 222 g/mol. The quantitative estimate of drug-likeness (QED) is 0.631. The van der Waals surface area contributed by atoms with Gasteiger partial charge in [0.25, 0.3) is 0 Å². The van der Waals surface area contributed by atoms with Crippen LogP contribution in [0.5, 0.6) is 0 Å². The zero-order chi connectivity index (χ0) is 11.1. The Hall–Kier alpha value is -1.81. The van der Waals surface area contributed by atoms with Gasteiger partial charge in [-0.05, 0) is 12.1 Å². The van der Waals surface area contributed by atoms with E-state index >= 15 is 0 Å². The third-order valence-electron chi connectivity index (χ3n) is 2.72. The molecule has 4 heteroatoms. The van der Waals surface area contributed by atoms with Crippen LogP contribution in [0.3, 0.4) is 0 Å². The molecule has 0 aliphatic carbocycles. The third-order valence-corrected chi connectivity index (χ3v) is 3.48. The number of rotatable bonds is 1. The molecule has 0 spiro atoms. The number of hydrogen-bond donors (Lipinski definition) is 2. The van der Waals surface area contributed by atoms with Gasteiger partial charge in [-0.25, -0.2) is 8.42 Å². The molecule has 3 rings (SSSR count). The Bertz CT molecular complexity index is 748. The van der Waals surface area contributed by atoms with Gasteiger partial charge < -0.3 is 4.98 Å². The minimum atomic E-state index is -2.56. The lowest BCUT2D eigenvalue weighted by Crippen LogP contribution is -1.81. The lowest BCUT2D eigenvalue weighted by atomic mass is 10.1. The minimum Gasteiger partial charge on any atom is -0.353 e. The summed E-state index contributed by atoms with van der Waals surface area (Å²) in [5.74, 6) is 0. The fraction of sp³-hybridized carbons (Fsp3) is 0. The van der Waals surface area contributed by atoms with Gasteiger partial charge in [0.15, 0.2) is 10.7 Å². The first-order valence-corrected chi connectivity index (χ1v) is 6.09. The number of benzene rings is 2. The van der Waals surface area contributed by atoms with Crippen LogP contribution in [-0.4, -0.2) is 13.4 Å². The van der Waals surface area contributed by atoms with Crippen molar-refractivity contribution in [2.45, 2.75) is 4.90 Å². The van der Waals surface area contributed by atoms with E-state index in [1.165, 1.54) is 0 Å². The van der Waals surface area contributed by atoms with Crippen LogP contribution in [0.1, 0.15) is 0 Å². The first-order valence-electron chi connectivity index (χ1n) is 4.91. The molecule has 0 amide bonds. The summed E-state index contributed by atoms with van der Waals surface area (Å²) in [4.78, 5) is 3.49. The Balaban J connectivity index is 2.58. The second-order valence-corrected chi connectivity index (χ2v) is 4.62. The summed E-state index contributed by atoms with van der Waals surface area (Å²) in [6, 6.07) is 13.1. The van der Waals surface area contributed by atoms with Crippen LogP contribution in [-0.2, 0) is 10.7 Å². The smallest absolute Gasteiger partial charge is 0.170 e. The fourth-order valence-electron chi connectivity index (χ4n) is 2.01. The van der Waals surface area contributed by atoms with Gasteiger partial charge in [0.2, 0.25) is 0 Å². The molecule has 0 radical (unpaired) electrons. The molecule has 0 aliphatic rings. The highest BCUT2D eigenvalue weighted by Gasteiger charge is 2.08. The van der Waals surface area contributed by atoms with Gasteiger partial charge in [0, 0.05) is 16.3 Å². The molecule has 0 atom stereocenters. The van der Waals surface area contributed by atoms with Crippen molar-refractivity contribution in [3.05, 3.63) is 42.5 Å². The van der Waals surface area contributed by atoms with Crippen LogP contribution in [0.4, 0.5) is 0 Å². The molecule has 2 aromatic carbocycles. The fourth-order valence-corrected chi connectivity index (χ4v) is 2.58. The molecule has 16 heavy (non-hydrogen) atoms. The SMILES string of the molecule is O=[SH](=O)c1cccc2c1[nH]c1ccccc12. The number of fused-ring (bicyclic) bond motifs is 3. The van der Waals surface area contributed by atoms with Crippen molar-refractivity contribution in [1.29, 1.82) is 0 Å². The molecular formula is C12H9NO2S. The van der Waals surface area contributed by atoms with Crippen molar-refractivity contribution in [3.8, 4) is 0 Å². The van der Waals surface area contributed by atoms with Gasteiger partial charge >= 0.3 is 0 Å². The minimum absolute atomic E-state index is 0.351. The standard InChI is InChI=1S/C12H9NO2S/c14-16(15)11-7-3-5-9-8-4-1-2-6-10(8)13-12(9)11/h1-7,13,16H. The van der Waals surface area contributed by atoms with Crippen LogP contribution >= 0.6 is 0 Å². The molecule has 3 aromatic rings. The normalized spacial score (nSPS) is 11.6. The molecule has 0 bridgehead atoms. The van der Waals surface area contributed by atoms with Crippen molar-refractivity contribution in [1.82, 2.24) is 4.98 Å². The first-order chi connectivity index (χ1) is 7.77. The lowest BCUT2D eigenvalue weighted by Gasteiger charge is -1.93. The number of hydrogen-bond acceptors (Lipinski definition) is 2. The maximum Gasteiger partial charge on any atom is 0.170 e. The maximum absolute atomic E-state index is 11.1. The molecule has 1 aromatic heterocycles.